The number of carbonyl (C=O) groups is 1. The second-order valence-electron chi connectivity index (χ2n) is 6.23. The van der Waals surface area contributed by atoms with Crippen molar-refractivity contribution < 1.29 is 17.9 Å². The predicted octanol–water partition coefficient (Wildman–Crippen LogP) is 3.50. The summed E-state index contributed by atoms with van der Waals surface area (Å²) >= 11 is 0. The van der Waals surface area contributed by atoms with Gasteiger partial charge in [-0.2, -0.15) is 5.26 Å². The van der Waals surface area contributed by atoms with Gasteiger partial charge in [-0.05, 0) is 36.8 Å². The van der Waals surface area contributed by atoms with E-state index in [1.54, 1.807) is 48.5 Å². The molecule has 0 saturated heterocycles. The van der Waals surface area contributed by atoms with Gasteiger partial charge in [-0.3, -0.25) is 4.79 Å². The number of nitriles is 1. The Hall–Kier alpha value is -3.63. The number of benzene rings is 3. The lowest BCUT2D eigenvalue weighted by atomic mass is 10.1. The van der Waals surface area contributed by atoms with Crippen molar-refractivity contribution in [2.75, 3.05) is 0 Å². The molecule has 0 radical (unpaired) electrons. The number of carbonyl (C=O) groups excluding carboxylic acids is 1. The van der Waals surface area contributed by atoms with Crippen LogP contribution in [0.25, 0.3) is 11.1 Å². The Balaban J connectivity index is 1.81. The maximum absolute atomic E-state index is 12.9. The third-order valence-electron chi connectivity index (χ3n) is 4.14. The quantitative estimate of drug-likeness (QED) is 0.676. The summed E-state index contributed by atoms with van der Waals surface area (Å²) in [4.78, 5) is 12.5. The highest BCUT2D eigenvalue weighted by Gasteiger charge is 2.25. The van der Waals surface area contributed by atoms with Crippen molar-refractivity contribution in [1.29, 1.82) is 5.26 Å². The van der Waals surface area contributed by atoms with Crippen LogP contribution in [0.4, 0.5) is 0 Å². The van der Waals surface area contributed by atoms with E-state index in [9.17, 15) is 13.2 Å². The van der Waals surface area contributed by atoms with Gasteiger partial charge in [-0.15, -0.1) is 0 Å². The van der Waals surface area contributed by atoms with Crippen LogP contribution in [0, 0.1) is 11.3 Å². The average Bonchev–Trinajstić information content (AvgIpc) is 2.74. The minimum Gasteiger partial charge on any atom is -0.481 e. The highest BCUT2D eigenvalue weighted by molar-refractivity contribution is 7.90. The first-order valence-corrected chi connectivity index (χ1v) is 10.3. The summed E-state index contributed by atoms with van der Waals surface area (Å²) in [6.45, 7) is 1.44. The van der Waals surface area contributed by atoms with Gasteiger partial charge in [0.15, 0.2) is 6.10 Å². The average molecular weight is 406 g/mol. The fourth-order valence-corrected chi connectivity index (χ4v) is 4.00. The van der Waals surface area contributed by atoms with Crippen molar-refractivity contribution in [2.45, 2.75) is 17.9 Å². The number of ether oxygens (including phenoxy) is 1. The highest BCUT2D eigenvalue weighted by atomic mass is 32.2. The fraction of sp³-hybridized carbons (Fsp3) is 0.0909. The van der Waals surface area contributed by atoms with Crippen LogP contribution in [0.2, 0.25) is 0 Å². The van der Waals surface area contributed by atoms with E-state index in [0.717, 1.165) is 5.56 Å². The molecule has 0 aliphatic rings. The number of rotatable bonds is 6. The second kappa shape index (κ2) is 8.59. The van der Waals surface area contributed by atoms with E-state index in [2.05, 4.69) is 4.72 Å². The highest BCUT2D eigenvalue weighted by Crippen LogP contribution is 2.27. The van der Waals surface area contributed by atoms with Crippen molar-refractivity contribution in [2.24, 2.45) is 0 Å². The van der Waals surface area contributed by atoms with Crippen LogP contribution in [0.1, 0.15) is 12.5 Å². The van der Waals surface area contributed by atoms with Crippen LogP contribution in [0.15, 0.2) is 83.8 Å². The third kappa shape index (κ3) is 4.81. The van der Waals surface area contributed by atoms with Gasteiger partial charge < -0.3 is 4.74 Å². The molecular weight excluding hydrogens is 388 g/mol. The van der Waals surface area contributed by atoms with Gasteiger partial charge in [0, 0.05) is 5.56 Å². The van der Waals surface area contributed by atoms with Crippen LogP contribution in [-0.4, -0.2) is 20.4 Å². The van der Waals surface area contributed by atoms with Gasteiger partial charge >= 0.3 is 0 Å². The maximum atomic E-state index is 12.9. The number of nitrogens with one attached hydrogen (secondary N) is 1. The molecule has 29 heavy (non-hydrogen) atoms. The summed E-state index contributed by atoms with van der Waals surface area (Å²) in [5.74, 6) is -0.510. The molecule has 3 aromatic carbocycles. The zero-order valence-electron chi connectivity index (χ0n) is 15.6. The minimum absolute atomic E-state index is 0.00164. The van der Waals surface area contributed by atoms with Crippen LogP contribution < -0.4 is 9.46 Å². The Morgan fingerprint density at radius 2 is 1.69 bits per heavy atom. The van der Waals surface area contributed by atoms with E-state index in [0.29, 0.717) is 16.9 Å². The minimum atomic E-state index is -4.12. The number of sulfonamides is 1. The summed E-state index contributed by atoms with van der Waals surface area (Å²) < 4.78 is 33.3. The molecule has 0 aromatic heterocycles. The zero-order valence-corrected chi connectivity index (χ0v) is 16.4. The first-order valence-electron chi connectivity index (χ1n) is 8.78. The molecule has 0 heterocycles. The van der Waals surface area contributed by atoms with E-state index < -0.39 is 22.0 Å². The molecule has 1 amide bonds. The Kier molecular flexibility index (Phi) is 5.96. The molecule has 7 heteroatoms. The molecule has 0 aliphatic heterocycles. The van der Waals surface area contributed by atoms with Gasteiger partial charge in [0.2, 0.25) is 0 Å². The van der Waals surface area contributed by atoms with Crippen LogP contribution in [0.5, 0.6) is 5.75 Å². The predicted molar refractivity (Wildman–Crippen MR) is 108 cm³/mol. The normalized spacial score (nSPS) is 11.9. The zero-order chi connectivity index (χ0) is 20.9. The number of hydrogen-bond donors (Lipinski definition) is 1. The van der Waals surface area contributed by atoms with Gasteiger partial charge in [0.05, 0.1) is 16.5 Å². The van der Waals surface area contributed by atoms with E-state index in [-0.39, 0.29) is 4.90 Å². The summed E-state index contributed by atoms with van der Waals surface area (Å²) in [5, 5.41) is 8.94. The van der Waals surface area contributed by atoms with E-state index in [1.807, 2.05) is 24.3 Å². The molecule has 3 aromatic rings. The van der Waals surface area contributed by atoms with Gasteiger partial charge in [0.1, 0.15) is 5.75 Å². The Morgan fingerprint density at radius 1 is 1.00 bits per heavy atom. The molecule has 6 nitrogen and oxygen atoms in total. The van der Waals surface area contributed by atoms with Gasteiger partial charge in [0.25, 0.3) is 15.9 Å². The lowest BCUT2D eigenvalue weighted by molar-refractivity contribution is -0.125. The van der Waals surface area contributed by atoms with E-state index in [1.165, 1.54) is 19.1 Å². The van der Waals surface area contributed by atoms with Crippen LogP contribution in [0.3, 0.4) is 0 Å². The molecule has 0 bridgehead atoms. The lowest BCUT2D eigenvalue weighted by Crippen LogP contribution is -2.40. The van der Waals surface area contributed by atoms with Crippen molar-refractivity contribution in [3.8, 4) is 22.9 Å². The summed E-state index contributed by atoms with van der Waals surface area (Å²) in [5.41, 5.74) is 1.58. The molecule has 1 atom stereocenters. The number of amides is 1. The second-order valence-corrected chi connectivity index (χ2v) is 7.88. The molecule has 1 N–H and O–H groups in total. The standard InChI is InChI=1S/C22H18N2O4S/c1-16(28-19-11-7-8-17(14-19)15-23)22(25)24-29(26,27)21-13-6-5-12-20(21)18-9-3-2-4-10-18/h2-14,16H,1H3,(H,24,25)/t16-/m1/s1. The van der Waals surface area contributed by atoms with Crippen molar-refractivity contribution in [3.05, 3.63) is 84.4 Å². The molecular formula is C22H18N2O4S. The maximum Gasteiger partial charge on any atom is 0.274 e. The molecule has 146 valence electrons. The molecule has 0 saturated carbocycles. The molecule has 3 rings (SSSR count). The molecule has 0 aliphatic carbocycles. The SMILES string of the molecule is C[C@@H](Oc1cccc(C#N)c1)C(=O)NS(=O)(=O)c1ccccc1-c1ccccc1. The van der Waals surface area contributed by atoms with Crippen molar-refractivity contribution in [3.63, 3.8) is 0 Å². The lowest BCUT2D eigenvalue weighted by Gasteiger charge is -2.16. The number of nitrogens with zero attached hydrogens (tertiary/aromatic N) is 1. The summed E-state index contributed by atoms with van der Waals surface area (Å²) in [6.07, 6.45) is -1.08. The van der Waals surface area contributed by atoms with Crippen LogP contribution >= 0.6 is 0 Å². The molecule has 0 fully saturated rings. The monoisotopic (exact) mass is 406 g/mol. The summed E-state index contributed by atoms with van der Waals surface area (Å²) in [6, 6.07) is 23.8. The van der Waals surface area contributed by atoms with Crippen molar-refractivity contribution in [1.82, 2.24) is 4.72 Å². The van der Waals surface area contributed by atoms with Gasteiger partial charge in [-0.25, -0.2) is 13.1 Å². The molecule has 0 unspecified atom stereocenters. The Morgan fingerprint density at radius 3 is 2.41 bits per heavy atom. The summed E-state index contributed by atoms with van der Waals surface area (Å²) in [7, 11) is -4.12. The van der Waals surface area contributed by atoms with E-state index >= 15 is 0 Å². The molecule has 0 spiro atoms. The van der Waals surface area contributed by atoms with E-state index in [4.69, 9.17) is 10.00 Å². The number of hydrogen-bond acceptors (Lipinski definition) is 5. The fourth-order valence-electron chi connectivity index (χ4n) is 2.72. The Labute approximate surface area is 169 Å². The van der Waals surface area contributed by atoms with Crippen molar-refractivity contribution >= 4 is 15.9 Å². The first-order chi connectivity index (χ1) is 13.9. The largest absolute Gasteiger partial charge is 0.481 e. The van der Waals surface area contributed by atoms with Crippen LogP contribution in [-0.2, 0) is 14.8 Å². The topological polar surface area (TPSA) is 96.3 Å². The Bertz CT molecular complexity index is 1170. The third-order valence-corrected chi connectivity index (χ3v) is 5.55. The first kappa shape index (κ1) is 20.1. The smallest absolute Gasteiger partial charge is 0.274 e. The van der Waals surface area contributed by atoms with Gasteiger partial charge in [-0.1, -0.05) is 54.6 Å².